The van der Waals surface area contributed by atoms with Gasteiger partial charge in [-0.25, -0.2) is 9.18 Å². The molecule has 2 amide bonds. The Labute approximate surface area is 147 Å². The molecule has 0 aliphatic heterocycles. The lowest BCUT2D eigenvalue weighted by Crippen LogP contribution is -2.56. The van der Waals surface area contributed by atoms with Gasteiger partial charge in [-0.2, -0.15) is 0 Å². The third-order valence-corrected chi connectivity index (χ3v) is 6.77. The first-order valence-corrected chi connectivity index (χ1v) is 9.34. The average molecular weight is 351 g/mol. The van der Waals surface area contributed by atoms with Gasteiger partial charge in [-0.05, 0) is 86.8 Å². The molecule has 0 aromatic heterocycles. The van der Waals surface area contributed by atoms with E-state index in [4.69, 9.17) is 11.6 Å². The molecule has 0 heterocycles. The summed E-state index contributed by atoms with van der Waals surface area (Å²) >= 11 is 5.75. The van der Waals surface area contributed by atoms with E-state index in [2.05, 4.69) is 17.6 Å². The van der Waals surface area contributed by atoms with Gasteiger partial charge in [-0.1, -0.05) is 11.6 Å². The number of benzene rings is 1. The topological polar surface area (TPSA) is 41.1 Å². The Balaban J connectivity index is 1.42. The van der Waals surface area contributed by atoms with E-state index in [0.29, 0.717) is 5.02 Å². The molecule has 24 heavy (non-hydrogen) atoms. The number of hydrogen-bond acceptors (Lipinski definition) is 1. The first-order chi connectivity index (χ1) is 11.4. The zero-order chi connectivity index (χ0) is 16.9. The minimum atomic E-state index is -0.514. The number of anilines is 1. The van der Waals surface area contributed by atoms with Crippen molar-refractivity contribution in [1.82, 2.24) is 5.32 Å². The van der Waals surface area contributed by atoms with Crippen molar-refractivity contribution in [3.8, 4) is 0 Å². The predicted molar refractivity (Wildman–Crippen MR) is 93.6 cm³/mol. The summed E-state index contributed by atoms with van der Waals surface area (Å²) in [5, 5.41) is 6.01. The SMILES string of the molecule is CC(NC(=O)Nc1ccc(Cl)cc1F)C12CC3CC(CC(C3)C1)C2. The molecular weight excluding hydrogens is 327 g/mol. The van der Waals surface area contributed by atoms with Crippen LogP contribution in [0.5, 0.6) is 0 Å². The molecule has 1 aromatic rings. The number of nitrogens with one attached hydrogen (secondary N) is 2. The second kappa shape index (κ2) is 5.91. The summed E-state index contributed by atoms with van der Waals surface area (Å²) in [4.78, 5) is 12.3. The fourth-order valence-electron chi connectivity index (χ4n) is 5.81. The van der Waals surface area contributed by atoms with Crippen molar-refractivity contribution < 1.29 is 9.18 Å². The highest BCUT2D eigenvalue weighted by molar-refractivity contribution is 6.30. The van der Waals surface area contributed by atoms with Crippen molar-refractivity contribution in [3.05, 3.63) is 29.0 Å². The molecule has 130 valence electrons. The molecule has 1 unspecified atom stereocenters. The van der Waals surface area contributed by atoms with Crippen molar-refractivity contribution in [2.45, 2.75) is 51.5 Å². The molecule has 5 heteroatoms. The van der Waals surface area contributed by atoms with Gasteiger partial charge < -0.3 is 10.6 Å². The van der Waals surface area contributed by atoms with Gasteiger partial charge in [0.2, 0.25) is 0 Å². The normalized spacial score (nSPS) is 34.9. The molecule has 3 nitrogen and oxygen atoms in total. The van der Waals surface area contributed by atoms with Gasteiger partial charge in [0.1, 0.15) is 5.82 Å². The van der Waals surface area contributed by atoms with Crippen molar-refractivity contribution in [1.29, 1.82) is 0 Å². The largest absolute Gasteiger partial charge is 0.335 e. The van der Waals surface area contributed by atoms with Crippen molar-refractivity contribution in [3.63, 3.8) is 0 Å². The van der Waals surface area contributed by atoms with Crippen LogP contribution in [0.1, 0.15) is 45.4 Å². The Bertz CT molecular complexity index is 627. The number of urea groups is 1. The van der Waals surface area contributed by atoms with Crippen LogP contribution >= 0.6 is 11.6 Å². The second-order valence-electron chi connectivity index (χ2n) is 8.22. The van der Waals surface area contributed by atoms with Gasteiger partial charge in [0.15, 0.2) is 0 Å². The lowest BCUT2D eigenvalue weighted by molar-refractivity contribution is -0.0679. The van der Waals surface area contributed by atoms with Crippen molar-refractivity contribution >= 4 is 23.3 Å². The maximum Gasteiger partial charge on any atom is 0.319 e. The van der Waals surface area contributed by atoms with Crippen LogP contribution in [0, 0.1) is 29.0 Å². The van der Waals surface area contributed by atoms with Gasteiger partial charge in [0.05, 0.1) is 5.69 Å². The highest BCUT2D eigenvalue weighted by Gasteiger charge is 2.53. The highest BCUT2D eigenvalue weighted by atomic mass is 35.5. The van der Waals surface area contributed by atoms with E-state index < -0.39 is 5.82 Å². The van der Waals surface area contributed by atoms with Gasteiger partial charge in [-0.15, -0.1) is 0 Å². The van der Waals surface area contributed by atoms with Crippen LogP contribution in [0.2, 0.25) is 5.02 Å². The monoisotopic (exact) mass is 350 g/mol. The van der Waals surface area contributed by atoms with Crippen LogP contribution in [-0.2, 0) is 0 Å². The lowest BCUT2D eigenvalue weighted by Gasteiger charge is -2.59. The van der Waals surface area contributed by atoms with Crippen LogP contribution in [0.3, 0.4) is 0 Å². The molecule has 0 saturated heterocycles. The van der Waals surface area contributed by atoms with Crippen LogP contribution < -0.4 is 10.6 Å². The molecule has 1 aromatic carbocycles. The number of carbonyl (C=O) groups is 1. The Morgan fingerprint density at radius 1 is 1.21 bits per heavy atom. The van der Waals surface area contributed by atoms with E-state index in [-0.39, 0.29) is 23.2 Å². The standard InChI is InChI=1S/C19H24ClFN2O/c1-11(19-8-12-4-13(9-19)6-14(5-12)10-19)22-18(24)23-17-3-2-15(20)7-16(17)21/h2-3,7,11-14H,4-6,8-10H2,1H3,(H2,22,23,24). The summed E-state index contributed by atoms with van der Waals surface area (Å²) in [5.74, 6) is 2.02. The molecule has 0 spiro atoms. The van der Waals surface area contributed by atoms with E-state index in [9.17, 15) is 9.18 Å². The summed E-state index contributed by atoms with van der Waals surface area (Å²) in [6, 6.07) is 4.05. The Kier molecular flexibility index (Phi) is 3.98. The minimum absolute atomic E-state index is 0.112. The lowest BCUT2D eigenvalue weighted by atomic mass is 9.48. The average Bonchev–Trinajstić information content (AvgIpc) is 2.48. The fourth-order valence-corrected chi connectivity index (χ4v) is 5.97. The summed E-state index contributed by atoms with van der Waals surface area (Å²) in [7, 11) is 0. The van der Waals surface area contributed by atoms with Crippen LogP contribution in [0.15, 0.2) is 18.2 Å². The first-order valence-electron chi connectivity index (χ1n) is 8.96. The summed E-state index contributed by atoms with van der Waals surface area (Å²) in [6.45, 7) is 2.12. The molecule has 4 bridgehead atoms. The van der Waals surface area contributed by atoms with Gasteiger partial charge in [-0.3, -0.25) is 0 Å². The van der Waals surface area contributed by atoms with E-state index in [1.54, 1.807) is 6.07 Å². The Hall–Kier alpha value is -1.29. The zero-order valence-corrected chi connectivity index (χ0v) is 14.7. The third kappa shape index (κ3) is 2.90. The second-order valence-corrected chi connectivity index (χ2v) is 8.66. The minimum Gasteiger partial charge on any atom is -0.335 e. The van der Waals surface area contributed by atoms with Crippen LogP contribution in [-0.4, -0.2) is 12.1 Å². The Morgan fingerprint density at radius 2 is 1.79 bits per heavy atom. The number of rotatable bonds is 3. The quantitative estimate of drug-likeness (QED) is 0.772. The molecule has 2 N–H and O–H groups in total. The number of amides is 2. The number of carbonyl (C=O) groups excluding carboxylic acids is 1. The van der Waals surface area contributed by atoms with E-state index in [1.807, 2.05) is 0 Å². The van der Waals surface area contributed by atoms with E-state index in [1.165, 1.54) is 50.7 Å². The summed E-state index contributed by atoms with van der Waals surface area (Å²) in [6.07, 6.45) is 7.84. The van der Waals surface area contributed by atoms with Crippen LogP contribution in [0.4, 0.5) is 14.9 Å². The number of hydrogen-bond donors (Lipinski definition) is 2. The smallest absolute Gasteiger partial charge is 0.319 e. The maximum absolute atomic E-state index is 13.8. The fraction of sp³-hybridized carbons (Fsp3) is 0.632. The Morgan fingerprint density at radius 3 is 2.33 bits per heavy atom. The maximum atomic E-state index is 13.8. The molecule has 5 rings (SSSR count). The summed E-state index contributed by atoms with van der Waals surface area (Å²) < 4.78 is 13.8. The van der Waals surface area contributed by atoms with Crippen LogP contribution in [0.25, 0.3) is 0 Å². The number of halogens is 2. The van der Waals surface area contributed by atoms with Crippen molar-refractivity contribution in [2.24, 2.45) is 23.2 Å². The van der Waals surface area contributed by atoms with Gasteiger partial charge in [0, 0.05) is 11.1 Å². The highest BCUT2D eigenvalue weighted by Crippen LogP contribution is 2.61. The van der Waals surface area contributed by atoms with Gasteiger partial charge >= 0.3 is 6.03 Å². The van der Waals surface area contributed by atoms with Crippen molar-refractivity contribution in [2.75, 3.05) is 5.32 Å². The van der Waals surface area contributed by atoms with E-state index in [0.717, 1.165) is 17.8 Å². The molecule has 0 radical (unpaired) electrons. The predicted octanol–water partition coefficient (Wildman–Crippen LogP) is 5.21. The molecule has 1 atom stereocenters. The van der Waals surface area contributed by atoms with Gasteiger partial charge in [0.25, 0.3) is 0 Å². The molecule has 4 aliphatic rings. The molecule has 4 aliphatic carbocycles. The third-order valence-electron chi connectivity index (χ3n) is 6.53. The first kappa shape index (κ1) is 16.2. The molecular formula is C19H24ClFN2O. The summed E-state index contributed by atoms with van der Waals surface area (Å²) in [5.41, 5.74) is 0.402. The zero-order valence-electron chi connectivity index (χ0n) is 13.9. The van der Waals surface area contributed by atoms with E-state index >= 15 is 0 Å². The molecule has 4 fully saturated rings. The molecule has 4 saturated carbocycles.